The van der Waals surface area contributed by atoms with E-state index >= 15 is 0 Å². The molecule has 0 unspecified atom stereocenters. The minimum absolute atomic E-state index is 0.0463. The second kappa shape index (κ2) is 17.3. The molecule has 1 N–H and O–H groups in total. The van der Waals surface area contributed by atoms with Crippen molar-refractivity contribution < 1.29 is 4.42 Å². The first-order valence-electron chi connectivity index (χ1n) is 30.7. The number of benzene rings is 7. The highest BCUT2D eigenvalue weighted by atomic mass is 16.3. The van der Waals surface area contributed by atoms with E-state index in [0.717, 1.165) is 49.1 Å². The van der Waals surface area contributed by atoms with Crippen molar-refractivity contribution in [2.75, 3.05) is 10.2 Å². The van der Waals surface area contributed by atoms with Crippen LogP contribution in [0.2, 0.25) is 0 Å². The molecule has 0 bridgehead atoms. The molecule has 0 saturated carbocycles. The van der Waals surface area contributed by atoms with E-state index < -0.39 is 0 Å². The third-order valence-electron chi connectivity index (χ3n) is 22.0. The van der Waals surface area contributed by atoms with Crippen LogP contribution in [0.3, 0.4) is 0 Å². The summed E-state index contributed by atoms with van der Waals surface area (Å²) in [6.07, 6.45) is 9.37. The Balaban J connectivity index is 1.14. The summed E-state index contributed by atoms with van der Waals surface area (Å²) in [4.78, 5) is 2.72. The molecule has 0 spiro atoms. The third kappa shape index (κ3) is 8.23. The van der Waals surface area contributed by atoms with Crippen LogP contribution in [0.25, 0.3) is 44.2 Å². The Labute approximate surface area is 481 Å². The van der Waals surface area contributed by atoms with Gasteiger partial charge in [-0.3, -0.25) is 0 Å². The van der Waals surface area contributed by atoms with Gasteiger partial charge < -0.3 is 14.6 Å². The van der Waals surface area contributed by atoms with Crippen LogP contribution in [0.1, 0.15) is 218 Å². The van der Waals surface area contributed by atoms with E-state index in [1.165, 1.54) is 149 Å². The first kappa shape index (κ1) is 53.3. The molecule has 0 radical (unpaired) electrons. The Kier molecular flexibility index (Phi) is 11.5. The second-order valence-electron chi connectivity index (χ2n) is 31.4. The number of hydrogen-bond acceptors (Lipinski definition) is 3. The molecule has 1 aliphatic heterocycles. The lowest BCUT2D eigenvalue weighted by Gasteiger charge is -2.45. The number of aryl methyl sites for hydroxylation is 2. The lowest BCUT2D eigenvalue weighted by molar-refractivity contribution is 0.332. The van der Waals surface area contributed by atoms with Crippen LogP contribution >= 0.6 is 0 Å². The van der Waals surface area contributed by atoms with E-state index in [-0.39, 0.29) is 43.3 Å². The highest BCUT2D eigenvalue weighted by molar-refractivity contribution is 6.73. The van der Waals surface area contributed by atoms with Gasteiger partial charge in [-0.25, -0.2) is 0 Å². The number of rotatable bonds is 5. The van der Waals surface area contributed by atoms with Gasteiger partial charge in [0.25, 0.3) is 0 Å². The van der Waals surface area contributed by atoms with Crippen molar-refractivity contribution in [3.63, 3.8) is 0 Å². The Morgan fingerprint density at radius 1 is 0.412 bits per heavy atom. The minimum Gasteiger partial charge on any atom is -0.456 e. The van der Waals surface area contributed by atoms with Crippen LogP contribution in [0, 0.1) is 13.8 Å². The molecule has 0 amide bonds. The van der Waals surface area contributed by atoms with Crippen molar-refractivity contribution in [1.82, 2.24) is 0 Å². The van der Waals surface area contributed by atoms with Gasteiger partial charge >= 0.3 is 0 Å². The Bertz CT molecular complexity index is 3920. The zero-order chi connectivity index (χ0) is 56.8. The van der Waals surface area contributed by atoms with E-state index in [1.54, 1.807) is 0 Å². The molecule has 7 aromatic carbocycles. The summed E-state index contributed by atoms with van der Waals surface area (Å²) < 4.78 is 7.18. The van der Waals surface area contributed by atoms with Crippen molar-refractivity contribution in [1.29, 1.82) is 0 Å². The molecule has 4 aliphatic carbocycles. The van der Waals surface area contributed by atoms with E-state index in [4.69, 9.17) is 4.42 Å². The molecular formula is C76H89BN2O. The molecule has 13 rings (SSSR count). The van der Waals surface area contributed by atoms with Crippen LogP contribution in [0.4, 0.5) is 28.4 Å². The molecule has 412 valence electrons. The van der Waals surface area contributed by atoms with E-state index in [2.05, 4.69) is 238 Å². The summed E-state index contributed by atoms with van der Waals surface area (Å²) in [6, 6.07) is 41.9. The number of furan rings is 1. The summed E-state index contributed by atoms with van der Waals surface area (Å²) in [5.41, 5.74) is 30.7. The predicted molar refractivity (Wildman–Crippen MR) is 346 cm³/mol. The lowest BCUT2D eigenvalue weighted by atomic mass is 9.55. The zero-order valence-electron chi connectivity index (χ0n) is 52.0. The molecule has 5 aliphatic rings. The van der Waals surface area contributed by atoms with E-state index in [1.807, 2.05) is 0 Å². The standard InChI is InChI=1S/C76H89BN2O/c1-44-20-19-21-45(2)67(44)46-34-52(68-64(35-46)79(48-23-25-54-56(37-48)72(9,10)29-27-70(54,5)6)63-41-59-58(40-61(63)77-68)74(13,14)31-32-75(59,15)16)49-38-50-51-39-57-60(76(17,18)33-30-73(57,11)12)42-65(51)80-66(50)43-62(49)78-47-22-24-53-55(36-47)71(7,8)28-26-69(53,3)4/h19-25,34-43,77-78H,26-33H2,1-18H3. The zero-order valence-corrected chi connectivity index (χ0v) is 52.0. The molecule has 0 saturated heterocycles. The molecule has 0 atom stereocenters. The Hall–Kier alpha value is -6.00. The van der Waals surface area contributed by atoms with Crippen LogP contribution in [0.5, 0.6) is 0 Å². The van der Waals surface area contributed by atoms with Gasteiger partial charge in [-0.2, -0.15) is 0 Å². The highest BCUT2D eigenvalue weighted by Gasteiger charge is 2.43. The summed E-state index contributed by atoms with van der Waals surface area (Å²) in [6.45, 7) is 43.9. The lowest BCUT2D eigenvalue weighted by Crippen LogP contribution is -2.44. The molecule has 3 nitrogen and oxygen atoms in total. The summed E-state index contributed by atoms with van der Waals surface area (Å²) in [5.74, 6) is 0. The van der Waals surface area contributed by atoms with Gasteiger partial charge in [-0.1, -0.05) is 153 Å². The normalized spacial score (nSPS) is 20.9. The van der Waals surface area contributed by atoms with Crippen LogP contribution in [0.15, 0.2) is 108 Å². The maximum atomic E-state index is 7.18. The van der Waals surface area contributed by atoms with Crippen LogP contribution in [-0.4, -0.2) is 7.28 Å². The summed E-state index contributed by atoms with van der Waals surface area (Å²) in [5, 5.41) is 6.57. The van der Waals surface area contributed by atoms with E-state index in [0.29, 0.717) is 0 Å². The van der Waals surface area contributed by atoms with Crippen molar-refractivity contribution in [3.05, 3.63) is 159 Å². The maximum absolute atomic E-state index is 7.18. The fourth-order valence-corrected chi connectivity index (χ4v) is 16.0. The number of anilines is 5. The van der Waals surface area contributed by atoms with Gasteiger partial charge in [-0.15, -0.1) is 0 Å². The van der Waals surface area contributed by atoms with Crippen molar-refractivity contribution in [2.24, 2.45) is 0 Å². The number of nitrogens with one attached hydrogen (secondary N) is 1. The molecule has 80 heavy (non-hydrogen) atoms. The highest BCUT2D eigenvalue weighted by Crippen LogP contribution is 2.54. The number of fused-ring (bicyclic) bond motifs is 9. The molecule has 0 fully saturated rings. The quantitative estimate of drug-likeness (QED) is 0.174. The first-order valence-corrected chi connectivity index (χ1v) is 30.7. The smallest absolute Gasteiger partial charge is 0.198 e. The van der Waals surface area contributed by atoms with Gasteiger partial charge in [0.05, 0.1) is 5.69 Å². The van der Waals surface area contributed by atoms with Crippen molar-refractivity contribution >= 4 is 68.6 Å². The number of hydrogen-bond donors (Lipinski definition) is 1. The minimum atomic E-state index is 0.0463. The molecule has 1 aromatic heterocycles. The predicted octanol–water partition coefficient (Wildman–Crippen LogP) is 19.8. The van der Waals surface area contributed by atoms with Gasteiger partial charge in [0.2, 0.25) is 0 Å². The van der Waals surface area contributed by atoms with Crippen LogP contribution < -0.4 is 21.1 Å². The Morgan fingerprint density at radius 3 is 1.45 bits per heavy atom. The average molecular weight is 1060 g/mol. The monoisotopic (exact) mass is 1060 g/mol. The van der Waals surface area contributed by atoms with Gasteiger partial charge in [-0.05, 0) is 247 Å². The van der Waals surface area contributed by atoms with Crippen LogP contribution in [-0.2, 0) is 43.3 Å². The van der Waals surface area contributed by atoms with Gasteiger partial charge in [0.1, 0.15) is 11.2 Å². The molecule has 2 heterocycles. The fourth-order valence-electron chi connectivity index (χ4n) is 16.0. The SMILES string of the molecule is Cc1cccc(C)c1-c1cc(-c2cc3c(cc2Nc2ccc4c(c2)C(C)(C)CCC4(C)C)oc2cc4c(cc23)C(C)(C)CCC4(C)C)c2c(c1)N(c1ccc3c(c1)C(C)(C)CCC3(C)C)c1cc3c(cc1B2)C(C)(C)CCC3(C)C. The summed E-state index contributed by atoms with van der Waals surface area (Å²) >= 11 is 0. The topological polar surface area (TPSA) is 28.4 Å². The van der Waals surface area contributed by atoms with Crippen molar-refractivity contribution in [3.8, 4) is 22.3 Å². The molecule has 4 heteroatoms. The van der Waals surface area contributed by atoms with Crippen molar-refractivity contribution in [2.45, 2.75) is 219 Å². The maximum Gasteiger partial charge on any atom is 0.198 e. The van der Waals surface area contributed by atoms with E-state index in [9.17, 15) is 0 Å². The average Bonchev–Trinajstić information content (AvgIpc) is 3.76. The first-order chi connectivity index (χ1) is 37.4. The van der Waals surface area contributed by atoms with Gasteiger partial charge in [0, 0.05) is 45.2 Å². The molecular weight excluding hydrogens is 968 g/mol. The third-order valence-corrected chi connectivity index (χ3v) is 22.0. The second-order valence-corrected chi connectivity index (χ2v) is 31.4. The van der Waals surface area contributed by atoms with Gasteiger partial charge in [0.15, 0.2) is 7.28 Å². The number of nitrogens with zero attached hydrogens (tertiary/aromatic N) is 1. The molecule has 8 aromatic rings. The fraction of sp³-hybridized carbons (Fsp3) is 0.447. The Morgan fingerprint density at radius 2 is 0.875 bits per heavy atom. The largest absolute Gasteiger partial charge is 0.456 e. The summed E-state index contributed by atoms with van der Waals surface area (Å²) in [7, 11) is 0.819.